The van der Waals surface area contributed by atoms with Crippen LogP contribution in [0.2, 0.25) is 0 Å². The number of piperidine rings is 1. The first-order valence-corrected chi connectivity index (χ1v) is 11.6. The van der Waals surface area contributed by atoms with Crippen molar-refractivity contribution in [1.29, 1.82) is 5.26 Å². The Bertz CT molecular complexity index is 929. The second kappa shape index (κ2) is 13.6. The SMILES string of the molecule is C/C=C\Nc1cccc(C(CCc2ccccc2C#N)C(=O)N2CCC(C)CC2)c1.NS. The lowest BCUT2D eigenvalue weighted by atomic mass is 9.88. The second-order valence-corrected chi connectivity index (χ2v) is 8.14. The molecule has 1 atom stereocenters. The van der Waals surface area contributed by atoms with Crippen molar-refractivity contribution in [2.45, 2.75) is 45.4 Å². The Kier molecular flexibility index (Phi) is 10.9. The van der Waals surface area contributed by atoms with Crippen LogP contribution in [0.1, 0.15) is 55.7 Å². The molecule has 170 valence electrons. The number of carbonyl (C=O) groups is 1. The largest absolute Gasteiger partial charge is 0.362 e. The Balaban J connectivity index is 0.00000176. The molecule has 2 aromatic carbocycles. The Labute approximate surface area is 197 Å². The van der Waals surface area contributed by atoms with Gasteiger partial charge in [0.05, 0.1) is 17.6 Å². The van der Waals surface area contributed by atoms with Gasteiger partial charge < -0.3 is 10.2 Å². The van der Waals surface area contributed by atoms with E-state index in [1.807, 2.05) is 66.6 Å². The molecule has 1 aliphatic heterocycles. The lowest BCUT2D eigenvalue weighted by molar-refractivity contribution is -0.134. The summed E-state index contributed by atoms with van der Waals surface area (Å²) in [4.78, 5) is 15.6. The van der Waals surface area contributed by atoms with Gasteiger partial charge in [-0.2, -0.15) is 5.26 Å². The van der Waals surface area contributed by atoms with Gasteiger partial charge in [0, 0.05) is 18.8 Å². The normalized spacial score (nSPS) is 14.9. The van der Waals surface area contributed by atoms with Crippen LogP contribution in [0.4, 0.5) is 5.69 Å². The third-order valence-corrected chi connectivity index (χ3v) is 5.94. The van der Waals surface area contributed by atoms with Crippen molar-refractivity contribution in [3.63, 3.8) is 0 Å². The number of likely N-dealkylation sites (tertiary alicyclic amines) is 1. The first-order chi connectivity index (χ1) is 15.6. The van der Waals surface area contributed by atoms with Gasteiger partial charge in [-0.25, -0.2) is 0 Å². The second-order valence-electron chi connectivity index (χ2n) is 8.14. The van der Waals surface area contributed by atoms with Gasteiger partial charge in [0.25, 0.3) is 0 Å². The highest BCUT2D eigenvalue weighted by Crippen LogP contribution is 2.29. The number of nitrogens with two attached hydrogens (primary N) is 1. The number of hydrogen-bond donors (Lipinski definition) is 3. The van der Waals surface area contributed by atoms with Crippen LogP contribution in [0.15, 0.2) is 60.8 Å². The number of nitrogens with one attached hydrogen (secondary N) is 1. The number of hydrogen-bond acceptors (Lipinski definition) is 5. The molecule has 3 rings (SSSR count). The molecule has 1 aliphatic rings. The Morgan fingerprint density at radius 2 is 1.97 bits per heavy atom. The number of carbonyl (C=O) groups excluding carboxylic acids is 1. The van der Waals surface area contributed by atoms with Crippen LogP contribution >= 0.6 is 12.8 Å². The molecule has 1 amide bonds. The number of nitriles is 1. The number of aryl methyl sites for hydroxylation is 1. The molecule has 1 fully saturated rings. The van der Waals surface area contributed by atoms with Crippen molar-refractivity contribution >= 4 is 24.4 Å². The fraction of sp³-hybridized carbons (Fsp3) is 0.385. The van der Waals surface area contributed by atoms with Crippen molar-refractivity contribution < 1.29 is 4.79 Å². The molecular formula is C26H34N4OS. The van der Waals surface area contributed by atoms with Gasteiger partial charge in [0.15, 0.2) is 0 Å². The molecule has 0 aliphatic carbocycles. The van der Waals surface area contributed by atoms with E-state index in [9.17, 15) is 10.1 Å². The predicted octanol–water partition coefficient (Wildman–Crippen LogP) is 5.27. The first kappa shape index (κ1) is 25.5. The van der Waals surface area contributed by atoms with Crippen molar-refractivity contribution in [3.8, 4) is 6.07 Å². The third kappa shape index (κ3) is 7.15. The molecule has 0 spiro atoms. The molecule has 1 heterocycles. The van der Waals surface area contributed by atoms with E-state index in [-0.39, 0.29) is 11.8 Å². The quantitative estimate of drug-likeness (QED) is 0.502. The summed E-state index contributed by atoms with van der Waals surface area (Å²) in [5.74, 6) is 0.681. The van der Waals surface area contributed by atoms with Crippen LogP contribution < -0.4 is 10.5 Å². The average molecular weight is 451 g/mol. The summed E-state index contributed by atoms with van der Waals surface area (Å²) in [5.41, 5.74) is 3.71. The summed E-state index contributed by atoms with van der Waals surface area (Å²) in [6.45, 7) is 5.89. The topological polar surface area (TPSA) is 82.2 Å². The number of nitrogens with zero attached hydrogens (tertiary/aromatic N) is 2. The zero-order valence-electron chi connectivity index (χ0n) is 19.0. The van der Waals surface area contributed by atoms with Gasteiger partial charge in [-0.15, -0.1) is 12.8 Å². The smallest absolute Gasteiger partial charge is 0.230 e. The van der Waals surface area contributed by atoms with E-state index in [0.717, 1.165) is 42.7 Å². The molecule has 0 aromatic heterocycles. The van der Waals surface area contributed by atoms with Crippen molar-refractivity contribution in [2.24, 2.45) is 11.1 Å². The molecule has 3 N–H and O–H groups in total. The molecule has 5 nitrogen and oxygen atoms in total. The molecule has 2 aromatic rings. The van der Waals surface area contributed by atoms with Crippen LogP contribution in [0, 0.1) is 17.2 Å². The number of benzene rings is 2. The highest BCUT2D eigenvalue weighted by atomic mass is 32.1. The lowest BCUT2D eigenvalue weighted by Gasteiger charge is -2.33. The third-order valence-electron chi connectivity index (χ3n) is 5.94. The lowest BCUT2D eigenvalue weighted by Crippen LogP contribution is -2.40. The molecule has 6 heteroatoms. The fourth-order valence-corrected chi connectivity index (χ4v) is 4.05. The zero-order valence-corrected chi connectivity index (χ0v) is 19.9. The van der Waals surface area contributed by atoms with Crippen molar-refractivity contribution in [3.05, 3.63) is 77.5 Å². The highest BCUT2D eigenvalue weighted by Gasteiger charge is 2.28. The fourth-order valence-electron chi connectivity index (χ4n) is 4.05. The Morgan fingerprint density at radius 3 is 2.66 bits per heavy atom. The summed E-state index contributed by atoms with van der Waals surface area (Å²) in [6, 6.07) is 18.1. The standard InChI is InChI=1S/C26H31N3O.H3NS/c1-3-15-28-24-10-6-9-22(18-24)25(26(30)29-16-13-20(2)14-17-29)12-11-21-7-4-5-8-23(21)19-27;1-2/h3-10,15,18,20,25,28H,11-14,16-17H2,1-2H3;2H,1H2/b15-3-;. The number of anilines is 1. The minimum absolute atomic E-state index is 0.208. The summed E-state index contributed by atoms with van der Waals surface area (Å²) in [7, 11) is 0. The van der Waals surface area contributed by atoms with Crippen LogP contribution in [0.25, 0.3) is 0 Å². The van der Waals surface area contributed by atoms with Crippen LogP contribution in [-0.2, 0) is 11.2 Å². The summed E-state index contributed by atoms with van der Waals surface area (Å²) < 4.78 is 0. The summed E-state index contributed by atoms with van der Waals surface area (Å²) >= 11 is 3.03. The maximum atomic E-state index is 13.5. The molecule has 1 saturated heterocycles. The van der Waals surface area contributed by atoms with E-state index in [2.05, 4.69) is 42.3 Å². The van der Waals surface area contributed by atoms with Gasteiger partial charge in [-0.3, -0.25) is 9.93 Å². The van der Waals surface area contributed by atoms with Gasteiger partial charge in [0.1, 0.15) is 0 Å². The van der Waals surface area contributed by atoms with Gasteiger partial charge >= 0.3 is 0 Å². The van der Waals surface area contributed by atoms with E-state index < -0.39 is 0 Å². The molecule has 0 bridgehead atoms. The minimum Gasteiger partial charge on any atom is -0.362 e. The number of allylic oxidation sites excluding steroid dienone is 1. The van der Waals surface area contributed by atoms with Crippen molar-refractivity contribution in [1.82, 2.24) is 4.90 Å². The number of thiol groups is 1. The molecule has 0 radical (unpaired) electrons. The van der Waals surface area contributed by atoms with Crippen molar-refractivity contribution in [2.75, 3.05) is 18.4 Å². The predicted molar refractivity (Wildman–Crippen MR) is 135 cm³/mol. The van der Waals surface area contributed by atoms with Gasteiger partial charge in [-0.05, 0) is 74.1 Å². The van der Waals surface area contributed by atoms with E-state index in [1.165, 1.54) is 0 Å². The van der Waals surface area contributed by atoms with E-state index in [1.54, 1.807) is 0 Å². The zero-order chi connectivity index (χ0) is 23.3. The average Bonchev–Trinajstić information content (AvgIpc) is 2.85. The minimum atomic E-state index is -0.211. The first-order valence-electron chi connectivity index (χ1n) is 11.1. The van der Waals surface area contributed by atoms with Gasteiger partial charge in [-0.1, -0.05) is 43.3 Å². The highest BCUT2D eigenvalue weighted by molar-refractivity contribution is 7.77. The molecular weight excluding hydrogens is 416 g/mol. The van der Waals surface area contributed by atoms with Gasteiger partial charge in [0.2, 0.25) is 5.91 Å². The molecule has 32 heavy (non-hydrogen) atoms. The Hall–Kier alpha value is -2.75. The van der Waals surface area contributed by atoms with E-state index in [4.69, 9.17) is 0 Å². The maximum absolute atomic E-state index is 13.5. The van der Waals surface area contributed by atoms with Crippen LogP contribution in [0.3, 0.4) is 0 Å². The number of rotatable bonds is 7. The van der Waals surface area contributed by atoms with Crippen LogP contribution in [-0.4, -0.2) is 23.9 Å². The van der Waals surface area contributed by atoms with Crippen LogP contribution in [0.5, 0.6) is 0 Å². The number of amides is 1. The molecule has 1 unspecified atom stereocenters. The maximum Gasteiger partial charge on any atom is 0.230 e. The van der Waals surface area contributed by atoms with E-state index in [0.29, 0.717) is 24.3 Å². The van der Waals surface area contributed by atoms with E-state index >= 15 is 0 Å². The Morgan fingerprint density at radius 1 is 1.25 bits per heavy atom. The monoisotopic (exact) mass is 450 g/mol. The summed E-state index contributed by atoms with van der Waals surface area (Å²) in [6.07, 6.45) is 7.37. The summed E-state index contributed by atoms with van der Waals surface area (Å²) in [5, 5.41) is 16.9. The molecule has 0 saturated carbocycles.